The molecule has 36 heavy (non-hydrogen) atoms. The molecule has 2 unspecified atom stereocenters. The van der Waals surface area contributed by atoms with E-state index in [9.17, 15) is 9.59 Å². The van der Waals surface area contributed by atoms with Gasteiger partial charge in [-0.25, -0.2) is 9.36 Å². The lowest BCUT2D eigenvalue weighted by molar-refractivity contribution is 0.0534. The number of ether oxygens (including phenoxy) is 1. The third-order valence-electron chi connectivity index (χ3n) is 7.15. The summed E-state index contributed by atoms with van der Waals surface area (Å²) in [7, 11) is 0. The zero-order chi connectivity index (χ0) is 25.6. The Labute approximate surface area is 216 Å². The Kier molecular flexibility index (Phi) is 6.68. The highest BCUT2D eigenvalue weighted by molar-refractivity contribution is 6.36. The number of nitrogens with one attached hydrogen (secondary N) is 2. The molecular formula is C28H33ClN4O3. The molecule has 4 N–H and O–H groups in total. The van der Waals surface area contributed by atoms with Crippen molar-refractivity contribution in [3.63, 3.8) is 0 Å². The van der Waals surface area contributed by atoms with Crippen LogP contribution in [-0.4, -0.2) is 35.1 Å². The van der Waals surface area contributed by atoms with Gasteiger partial charge in [-0.2, -0.15) is 0 Å². The Bertz CT molecular complexity index is 1320. The average Bonchev–Trinajstić information content (AvgIpc) is 3.45. The lowest BCUT2D eigenvalue weighted by Gasteiger charge is -2.29. The van der Waals surface area contributed by atoms with Crippen molar-refractivity contribution >= 4 is 34.4 Å². The quantitative estimate of drug-likeness (QED) is 0.424. The van der Waals surface area contributed by atoms with Crippen molar-refractivity contribution in [3.8, 4) is 0 Å². The fraction of sp³-hybridized carbons (Fsp3) is 0.429. The zero-order valence-corrected chi connectivity index (χ0v) is 21.7. The van der Waals surface area contributed by atoms with Gasteiger partial charge in [-0.3, -0.25) is 10.1 Å². The summed E-state index contributed by atoms with van der Waals surface area (Å²) in [4.78, 5) is 27.3. The molecule has 1 fully saturated rings. The van der Waals surface area contributed by atoms with E-state index in [0.29, 0.717) is 28.4 Å². The normalized spacial score (nSPS) is 19.3. The van der Waals surface area contributed by atoms with Crippen molar-refractivity contribution in [3.05, 3.63) is 69.9 Å². The van der Waals surface area contributed by atoms with Crippen LogP contribution in [0.5, 0.6) is 0 Å². The van der Waals surface area contributed by atoms with Gasteiger partial charge < -0.3 is 15.8 Å². The summed E-state index contributed by atoms with van der Waals surface area (Å²) in [6, 6.07) is 12.5. The number of Topliss-reactive ketones (excluding diaryl/α,β-unsaturated/α-hetero) is 1. The maximum Gasteiger partial charge on any atom is 0.419 e. The molecule has 8 heteroatoms. The third-order valence-corrected chi connectivity index (χ3v) is 7.58. The predicted molar refractivity (Wildman–Crippen MR) is 141 cm³/mol. The molecule has 2 aliphatic heterocycles. The van der Waals surface area contributed by atoms with E-state index in [1.54, 1.807) is 26.8 Å². The number of fused-ring (bicyclic) bond motifs is 2. The third kappa shape index (κ3) is 4.57. The van der Waals surface area contributed by atoms with E-state index in [0.717, 1.165) is 42.6 Å². The molecule has 2 atom stereocenters. The van der Waals surface area contributed by atoms with Crippen molar-refractivity contribution in [2.75, 3.05) is 13.1 Å². The first kappa shape index (κ1) is 25.0. The number of aromatic nitrogens is 1. The minimum absolute atomic E-state index is 0.206. The van der Waals surface area contributed by atoms with E-state index >= 15 is 0 Å². The topological polar surface area (TPSA) is 98.4 Å². The van der Waals surface area contributed by atoms with E-state index in [1.165, 1.54) is 4.57 Å². The molecule has 0 bridgehead atoms. The zero-order valence-electron chi connectivity index (χ0n) is 20.9. The highest BCUT2D eigenvalue weighted by Crippen LogP contribution is 2.38. The van der Waals surface area contributed by atoms with Gasteiger partial charge in [-0.15, -0.1) is 0 Å². The van der Waals surface area contributed by atoms with Crippen LogP contribution in [0.15, 0.2) is 42.5 Å². The molecule has 2 aliphatic rings. The molecule has 3 aromatic rings. The Morgan fingerprint density at radius 1 is 1.14 bits per heavy atom. The molecule has 5 rings (SSSR count). The van der Waals surface area contributed by atoms with Crippen molar-refractivity contribution in [2.24, 2.45) is 11.7 Å². The molecule has 1 aromatic heterocycles. The van der Waals surface area contributed by atoms with Crippen molar-refractivity contribution in [2.45, 2.75) is 57.8 Å². The molecule has 0 radical (unpaired) electrons. The second-order valence-electron chi connectivity index (χ2n) is 10.7. The minimum atomic E-state index is -0.729. The number of nitrogens with zero attached hydrogens (tertiary/aromatic N) is 1. The van der Waals surface area contributed by atoms with Crippen molar-refractivity contribution in [1.82, 2.24) is 15.2 Å². The van der Waals surface area contributed by atoms with E-state index < -0.39 is 17.7 Å². The van der Waals surface area contributed by atoms with E-state index in [1.807, 2.05) is 36.4 Å². The van der Waals surface area contributed by atoms with E-state index in [-0.39, 0.29) is 17.5 Å². The number of benzene rings is 2. The minimum Gasteiger partial charge on any atom is -0.443 e. The molecular weight excluding hydrogens is 476 g/mol. The molecule has 0 spiro atoms. The predicted octanol–water partition coefficient (Wildman–Crippen LogP) is 5.10. The van der Waals surface area contributed by atoms with Crippen LogP contribution >= 0.6 is 11.6 Å². The standard InChI is InChI=1S/C28H33ClN4O3/c1-28(2,3)36-27(35)33-21-9-8-19(24(30)16-10-12-31-13-11-16)23(29)20(21)14-22(33)26(34)25-18-7-5-4-6-17(18)15-32-25/h4-9,14,16,24-25,31-32H,10-13,15,30H2,1-3H3. The van der Waals surface area contributed by atoms with Gasteiger partial charge in [0.1, 0.15) is 5.60 Å². The van der Waals surface area contributed by atoms with Gasteiger partial charge in [-0.05, 0) is 81.4 Å². The molecule has 1 saturated heterocycles. The number of carbonyl (C=O) groups is 2. The Hall–Kier alpha value is -2.71. The number of hydrogen-bond donors (Lipinski definition) is 3. The first-order chi connectivity index (χ1) is 17.2. The van der Waals surface area contributed by atoms with Gasteiger partial charge in [-0.1, -0.05) is 41.9 Å². The first-order valence-electron chi connectivity index (χ1n) is 12.5. The van der Waals surface area contributed by atoms with Crippen molar-refractivity contribution < 1.29 is 14.3 Å². The van der Waals surface area contributed by atoms with Crippen LogP contribution in [-0.2, 0) is 11.3 Å². The number of nitrogens with two attached hydrogens (primary N) is 1. The molecule has 3 heterocycles. The highest BCUT2D eigenvalue weighted by atomic mass is 35.5. The lowest BCUT2D eigenvalue weighted by atomic mass is 9.86. The Morgan fingerprint density at radius 3 is 2.58 bits per heavy atom. The fourth-order valence-corrected chi connectivity index (χ4v) is 5.68. The summed E-state index contributed by atoms with van der Waals surface area (Å²) in [6.07, 6.45) is 1.34. The van der Waals surface area contributed by atoms with E-state index in [2.05, 4.69) is 10.6 Å². The Balaban J connectivity index is 1.61. The van der Waals surface area contributed by atoms with Gasteiger partial charge in [0.05, 0.1) is 22.3 Å². The molecule has 2 aromatic carbocycles. The number of ketones is 1. The maximum atomic E-state index is 13.9. The van der Waals surface area contributed by atoms with Gasteiger partial charge in [0.2, 0.25) is 5.78 Å². The highest BCUT2D eigenvalue weighted by Gasteiger charge is 2.34. The smallest absolute Gasteiger partial charge is 0.419 e. The van der Waals surface area contributed by atoms with Crippen LogP contribution < -0.4 is 16.4 Å². The van der Waals surface area contributed by atoms with Crippen LogP contribution in [0.25, 0.3) is 10.9 Å². The monoisotopic (exact) mass is 508 g/mol. The van der Waals surface area contributed by atoms with Gasteiger partial charge in [0.15, 0.2) is 0 Å². The average molecular weight is 509 g/mol. The largest absolute Gasteiger partial charge is 0.443 e. The molecule has 0 saturated carbocycles. The first-order valence-corrected chi connectivity index (χ1v) is 12.9. The summed E-state index contributed by atoms with van der Waals surface area (Å²) in [5.74, 6) is 0.108. The van der Waals surface area contributed by atoms with Crippen molar-refractivity contribution in [1.29, 1.82) is 0 Å². The summed E-state index contributed by atoms with van der Waals surface area (Å²) < 4.78 is 7.06. The Morgan fingerprint density at radius 2 is 1.86 bits per heavy atom. The number of halogens is 1. The van der Waals surface area contributed by atoms with Crippen LogP contribution in [0, 0.1) is 5.92 Å². The van der Waals surface area contributed by atoms with Gasteiger partial charge >= 0.3 is 6.09 Å². The summed E-state index contributed by atoms with van der Waals surface area (Å²) >= 11 is 6.94. The summed E-state index contributed by atoms with van der Waals surface area (Å²) in [6.45, 7) is 7.86. The van der Waals surface area contributed by atoms with Crippen LogP contribution in [0.2, 0.25) is 5.02 Å². The molecule has 7 nitrogen and oxygen atoms in total. The molecule has 0 aliphatic carbocycles. The second-order valence-corrected chi connectivity index (χ2v) is 11.1. The molecule has 190 valence electrons. The number of hydrogen-bond acceptors (Lipinski definition) is 6. The number of rotatable bonds is 4. The summed E-state index contributed by atoms with van der Waals surface area (Å²) in [5.41, 5.74) is 9.54. The second kappa shape index (κ2) is 9.63. The lowest BCUT2D eigenvalue weighted by Crippen LogP contribution is -2.33. The van der Waals surface area contributed by atoms with E-state index in [4.69, 9.17) is 22.1 Å². The molecule has 0 amide bonds. The maximum absolute atomic E-state index is 13.9. The number of carbonyl (C=O) groups excluding carboxylic acids is 2. The number of piperidine rings is 1. The van der Waals surface area contributed by atoms with Crippen LogP contribution in [0.4, 0.5) is 4.79 Å². The summed E-state index contributed by atoms with van der Waals surface area (Å²) in [5, 5.41) is 7.76. The van der Waals surface area contributed by atoms with Gasteiger partial charge in [0, 0.05) is 18.0 Å². The SMILES string of the molecule is CC(C)(C)OC(=O)n1c(C(=O)C2NCc3ccccc32)cc2c(Cl)c(C(N)C3CCNCC3)ccc21. The van der Waals surface area contributed by atoms with Gasteiger partial charge in [0.25, 0.3) is 0 Å². The fourth-order valence-electron chi connectivity index (χ4n) is 5.34. The van der Waals surface area contributed by atoms with Crippen LogP contribution in [0.1, 0.15) is 72.9 Å². The van der Waals surface area contributed by atoms with Crippen LogP contribution in [0.3, 0.4) is 0 Å².